The van der Waals surface area contributed by atoms with E-state index in [0.717, 1.165) is 0 Å². The fourth-order valence-corrected chi connectivity index (χ4v) is 1.81. The highest BCUT2D eigenvalue weighted by Gasteiger charge is 2.37. The van der Waals surface area contributed by atoms with Crippen molar-refractivity contribution in [1.82, 2.24) is 4.90 Å². The number of nitrogens with zero attached hydrogens (tertiary/aromatic N) is 1. The molecule has 0 aliphatic rings. The molecule has 0 saturated heterocycles. The first-order chi connectivity index (χ1) is 6.57. The van der Waals surface area contributed by atoms with Crippen molar-refractivity contribution in [2.24, 2.45) is 17.1 Å². The minimum atomic E-state index is 0.0900. The van der Waals surface area contributed by atoms with Gasteiger partial charge in [0.05, 0.1) is 0 Å². The molecule has 15 heavy (non-hydrogen) atoms. The largest absolute Gasteiger partial charge is 0.329 e. The quantitative estimate of drug-likeness (QED) is 0.779. The lowest BCUT2D eigenvalue weighted by Crippen LogP contribution is -2.59. The molecule has 0 spiro atoms. The van der Waals surface area contributed by atoms with Crippen LogP contribution in [0, 0.1) is 11.3 Å². The normalized spacial score (nSPS) is 19.4. The predicted molar refractivity (Wildman–Crippen MR) is 69.0 cm³/mol. The van der Waals surface area contributed by atoms with E-state index in [4.69, 9.17) is 5.73 Å². The molecule has 0 aliphatic heterocycles. The van der Waals surface area contributed by atoms with Gasteiger partial charge in [-0.1, -0.05) is 34.6 Å². The molecule has 2 atom stereocenters. The van der Waals surface area contributed by atoms with Crippen LogP contribution in [-0.4, -0.2) is 30.1 Å². The third kappa shape index (κ3) is 3.18. The van der Waals surface area contributed by atoms with Gasteiger partial charge in [0.1, 0.15) is 0 Å². The van der Waals surface area contributed by atoms with Crippen molar-refractivity contribution in [2.75, 3.05) is 13.6 Å². The van der Waals surface area contributed by atoms with Gasteiger partial charge in [0.15, 0.2) is 0 Å². The first kappa shape index (κ1) is 14.9. The molecule has 0 saturated carbocycles. The maximum atomic E-state index is 5.95. The van der Waals surface area contributed by atoms with E-state index in [9.17, 15) is 0 Å². The molecular weight excluding hydrogens is 184 g/mol. The van der Waals surface area contributed by atoms with Crippen LogP contribution in [0.5, 0.6) is 0 Å². The van der Waals surface area contributed by atoms with E-state index in [1.807, 2.05) is 0 Å². The van der Waals surface area contributed by atoms with Gasteiger partial charge in [0, 0.05) is 18.1 Å². The Kier molecular flexibility index (Phi) is 4.81. The molecule has 0 rings (SSSR count). The highest BCUT2D eigenvalue weighted by atomic mass is 15.2. The summed E-state index contributed by atoms with van der Waals surface area (Å²) in [7, 11) is 2.20. The summed E-state index contributed by atoms with van der Waals surface area (Å²) >= 11 is 0. The van der Waals surface area contributed by atoms with E-state index in [0.29, 0.717) is 23.9 Å². The summed E-state index contributed by atoms with van der Waals surface area (Å²) in [5, 5.41) is 0. The first-order valence-electron chi connectivity index (χ1n) is 6.00. The second-order valence-electron chi connectivity index (χ2n) is 6.37. The maximum absolute atomic E-state index is 5.95. The smallest absolute Gasteiger partial charge is 0.0326 e. The molecule has 0 bridgehead atoms. The molecular formula is C13H30N2. The van der Waals surface area contributed by atoms with Crippen LogP contribution in [0.3, 0.4) is 0 Å². The van der Waals surface area contributed by atoms with Gasteiger partial charge in [-0.05, 0) is 32.2 Å². The highest BCUT2D eigenvalue weighted by Crippen LogP contribution is 2.31. The monoisotopic (exact) mass is 214 g/mol. The molecule has 2 heteroatoms. The van der Waals surface area contributed by atoms with Gasteiger partial charge in [0.25, 0.3) is 0 Å². The number of likely N-dealkylation sites (N-methyl/N-ethyl adjacent to an activating group) is 1. The highest BCUT2D eigenvalue weighted by molar-refractivity contribution is 4.93. The van der Waals surface area contributed by atoms with Crippen LogP contribution in [-0.2, 0) is 0 Å². The van der Waals surface area contributed by atoms with Crippen LogP contribution in [0.25, 0.3) is 0 Å². The zero-order chi connectivity index (χ0) is 12.4. The summed E-state index contributed by atoms with van der Waals surface area (Å²) in [6.07, 6.45) is 0. The zero-order valence-electron chi connectivity index (χ0n) is 11.9. The van der Waals surface area contributed by atoms with Crippen molar-refractivity contribution >= 4 is 0 Å². The van der Waals surface area contributed by atoms with Gasteiger partial charge in [-0.3, -0.25) is 4.90 Å². The summed E-state index contributed by atoms with van der Waals surface area (Å²) in [6, 6.07) is 0.522. The number of rotatable bonds is 4. The maximum Gasteiger partial charge on any atom is 0.0326 e. The Balaban J connectivity index is 4.89. The predicted octanol–water partition coefficient (Wildman–Crippen LogP) is 2.73. The Morgan fingerprint density at radius 1 is 1.07 bits per heavy atom. The molecule has 2 unspecified atom stereocenters. The number of hydrogen-bond acceptors (Lipinski definition) is 2. The first-order valence-corrected chi connectivity index (χ1v) is 6.00. The molecule has 2 N–H and O–H groups in total. The van der Waals surface area contributed by atoms with Gasteiger partial charge in [-0.25, -0.2) is 0 Å². The molecule has 0 radical (unpaired) electrons. The molecule has 0 aromatic carbocycles. The van der Waals surface area contributed by atoms with Crippen molar-refractivity contribution in [3.8, 4) is 0 Å². The topological polar surface area (TPSA) is 29.3 Å². The Morgan fingerprint density at radius 2 is 1.47 bits per heavy atom. The molecule has 0 amide bonds. The van der Waals surface area contributed by atoms with Crippen molar-refractivity contribution in [2.45, 2.75) is 60.0 Å². The number of hydrogen-bond donors (Lipinski definition) is 1. The van der Waals surface area contributed by atoms with Crippen LogP contribution >= 0.6 is 0 Å². The second kappa shape index (κ2) is 4.84. The van der Waals surface area contributed by atoms with Crippen molar-refractivity contribution in [3.63, 3.8) is 0 Å². The fraction of sp³-hybridized carbons (Fsp3) is 1.00. The van der Waals surface area contributed by atoms with Crippen LogP contribution in [0.15, 0.2) is 0 Å². The second-order valence-corrected chi connectivity index (χ2v) is 6.37. The minimum Gasteiger partial charge on any atom is -0.329 e. The summed E-state index contributed by atoms with van der Waals surface area (Å²) < 4.78 is 0. The molecule has 0 heterocycles. The third-order valence-corrected chi connectivity index (χ3v) is 4.30. The van der Waals surface area contributed by atoms with E-state index >= 15 is 0 Å². The number of nitrogens with two attached hydrogens (primary N) is 1. The lowest BCUT2D eigenvalue weighted by Gasteiger charge is -2.48. The van der Waals surface area contributed by atoms with E-state index in [2.05, 4.69) is 60.4 Å². The van der Waals surface area contributed by atoms with Crippen molar-refractivity contribution in [1.29, 1.82) is 0 Å². The van der Waals surface area contributed by atoms with Gasteiger partial charge in [-0.15, -0.1) is 0 Å². The van der Waals surface area contributed by atoms with Crippen molar-refractivity contribution in [3.05, 3.63) is 0 Å². The van der Waals surface area contributed by atoms with E-state index in [-0.39, 0.29) is 5.54 Å². The molecule has 92 valence electrons. The molecule has 0 aromatic rings. The summed E-state index contributed by atoms with van der Waals surface area (Å²) in [5.41, 5.74) is 6.33. The molecule has 0 fully saturated rings. The van der Waals surface area contributed by atoms with Crippen molar-refractivity contribution < 1.29 is 0 Å². The standard InChI is InChI=1S/C13H30N2/c1-10(2)13(7,9-14)15(8)11(3)12(4,5)6/h10-11H,9,14H2,1-8H3. The van der Waals surface area contributed by atoms with Gasteiger partial charge in [0.2, 0.25) is 0 Å². The van der Waals surface area contributed by atoms with Gasteiger partial charge >= 0.3 is 0 Å². The lowest BCUT2D eigenvalue weighted by molar-refractivity contribution is 0.0141. The summed E-state index contributed by atoms with van der Waals surface area (Å²) in [4.78, 5) is 2.44. The summed E-state index contributed by atoms with van der Waals surface area (Å²) in [5.74, 6) is 0.567. The summed E-state index contributed by atoms with van der Waals surface area (Å²) in [6.45, 7) is 16.6. The SMILES string of the molecule is CC(N(C)C(C)(CN)C(C)C)C(C)(C)C. The molecule has 0 aromatic heterocycles. The van der Waals surface area contributed by atoms with E-state index < -0.39 is 0 Å². The molecule has 2 nitrogen and oxygen atoms in total. The Bertz CT molecular complexity index is 193. The fourth-order valence-electron chi connectivity index (χ4n) is 1.81. The van der Waals surface area contributed by atoms with E-state index in [1.165, 1.54) is 0 Å². The zero-order valence-corrected chi connectivity index (χ0v) is 11.9. The average molecular weight is 214 g/mol. The average Bonchev–Trinajstić information content (AvgIpc) is 2.12. The van der Waals surface area contributed by atoms with Crippen LogP contribution in [0.4, 0.5) is 0 Å². The Morgan fingerprint density at radius 3 is 1.67 bits per heavy atom. The third-order valence-electron chi connectivity index (χ3n) is 4.30. The Labute approximate surface area is 96.2 Å². The van der Waals surface area contributed by atoms with Gasteiger partial charge in [-0.2, -0.15) is 0 Å². The van der Waals surface area contributed by atoms with E-state index in [1.54, 1.807) is 0 Å². The van der Waals surface area contributed by atoms with Gasteiger partial charge < -0.3 is 5.73 Å². The molecule has 0 aliphatic carbocycles. The minimum absolute atomic E-state index is 0.0900. The Hall–Kier alpha value is -0.0800. The van der Waals surface area contributed by atoms with Crippen LogP contribution in [0.2, 0.25) is 0 Å². The van der Waals surface area contributed by atoms with Crippen LogP contribution in [0.1, 0.15) is 48.5 Å². The lowest BCUT2D eigenvalue weighted by atomic mass is 9.80. The van der Waals surface area contributed by atoms with Crippen LogP contribution < -0.4 is 5.73 Å².